The Hall–Kier alpha value is -2.62. The summed E-state index contributed by atoms with van der Waals surface area (Å²) in [7, 11) is 0. The van der Waals surface area contributed by atoms with E-state index in [1.54, 1.807) is 18.2 Å². The van der Waals surface area contributed by atoms with Crippen LogP contribution in [-0.4, -0.2) is 11.7 Å². The van der Waals surface area contributed by atoms with Crippen LogP contribution in [-0.2, 0) is 11.2 Å². The van der Waals surface area contributed by atoms with E-state index in [-0.39, 0.29) is 11.7 Å². The van der Waals surface area contributed by atoms with E-state index >= 15 is 0 Å². The maximum atomic E-state index is 12.6. The molecule has 0 unspecified atom stereocenters. The van der Waals surface area contributed by atoms with E-state index in [2.05, 4.69) is 5.32 Å². The maximum Gasteiger partial charge on any atom is 0.224 e. The molecular weight excluding hydrogens is 264 g/mol. The Morgan fingerprint density at radius 2 is 1.90 bits per heavy atom. The summed E-state index contributed by atoms with van der Waals surface area (Å²) in [6.45, 7) is 1.91. The smallest absolute Gasteiger partial charge is 0.224 e. The van der Waals surface area contributed by atoms with Gasteiger partial charge >= 0.3 is 0 Å². The normalized spacial score (nSPS) is 13.5. The van der Waals surface area contributed by atoms with Crippen LogP contribution in [0, 0.1) is 6.92 Å². The number of carbonyl (C=O) groups is 2. The van der Waals surface area contributed by atoms with Crippen LogP contribution in [0.3, 0.4) is 0 Å². The van der Waals surface area contributed by atoms with E-state index in [0.717, 1.165) is 16.8 Å². The van der Waals surface area contributed by atoms with Crippen LogP contribution >= 0.6 is 0 Å². The van der Waals surface area contributed by atoms with Crippen LogP contribution in [0.4, 0.5) is 11.4 Å². The first-order chi connectivity index (χ1) is 10.0. The monoisotopic (exact) mass is 280 g/mol. The number of nitrogens with one attached hydrogen (secondary N) is 1. The zero-order chi connectivity index (χ0) is 15.0. The lowest BCUT2D eigenvalue weighted by molar-refractivity contribution is -0.116. The third kappa shape index (κ3) is 2.65. The van der Waals surface area contributed by atoms with Gasteiger partial charge in [0.05, 0.1) is 0 Å². The number of anilines is 2. The zero-order valence-electron chi connectivity index (χ0n) is 11.8. The van der Waals surface area contributed by atoms with E-state index in [9.17, 15) is 9.59 Å². The van der Waals surface area contributed by atoms with E-state index in [1.807, 2.05) is 25.1 Å². The minimum atomic E-state index is -0.0508. The summed E-state index contributed by atoms with van der Waals surface area (Å²) >= 11 is 0. The number of hydrogen-bond donors (Lipinski definition) is 2. The number of ketones is 1. The van der Waals surface area contributed by atoms with Gasteiger partial charge in [0, 0.05) is 28.9 Å². The molecule has 0 saturated heterocycles. The van der Waals surface area contributed by atoms with Gasteiger partial charge in [-0.1, -0.05) is 0 Å². The molecule has 1 aliphatic rings. The molecule has 2 aromatic carbocycles. The SMILES string of the molecule is Cc1cc(N)cc(C(=O)c2ccc3c(c2)CCC(=O)N3)c1. The molecular formula is C17H16N2O2. The summed E-state index contributed by atoms with van der Waals surface area (Å²) in [6.07, 6.45) is 1.13. The average Bonchev–Trinajstić information content (AvgIpc) is 2.45. The highest BCUT2D eigenvalue weighted by atomic mass is 16.1. The molecule has 0 spiro atoms. The molecule has 3 N–H and O–H groups in total. The second-order valence-electron chi connectivity index (χ2n) is 5.38. The summed E-state index contributed by atoms with van der Waals surface area (Å²) in [4.78, 5) is 23.9. The van der Waals surface area contributed by atoms with E-state index in [0.29, 0.717) is 29.7 Å². The topological polar surface area (TPSA) is 72.2 Å². The lowest BCUT2D eigenvalue weighted by Gasteiger charge is -2.17. The van der Waals surface area contributed by atoms with Crippen LogP contribution in [0.25, 0.3) is 0 Å². The van der Waals surface area contributed by atoms with E-state index < -0.39 is 0 Å². The Kier molecular flexibility index (Phi) is 3.22. The van der Waals surface area contributed by atoms with Gasteiger partial charge in [0.15, 0.2) is 5.78 Å². The summed E-state index contributed by atoms with van der Waals surface area (Å²) in [5, 5.41) is 2.81. The molecule has 0 fully saturated rings. The lowest BCUT2D eigenvalue weighted by atomic mass is 9.95. The molecule has 0 radical (unpaired) electrons. The molecule has 0 saturated carbocycles. The fourth-order valence-electron chi connectivity index (χ4n) is 2.64. The number of hydrogen-bond acceptors (Lipinski definition) is 3. The van der Waals surface area contributed by atoms with Gasteiger partial charge in [-0.2, -0.15) is 0 Å². The van der Waals surface area contributed by atoms with Gasteiger partial charge in [0.25, 0.3) is 0 Å². The molecule has 3 rings (SSSR count). The Morgan fingerprint density at radius 1 is 1.10 bits per heavy atom. The second kappa shape index (κ2) is 5.05. The fourth-order valence-corrected chi connectivity index (χ4v) is 2.64. The number of aryl methyl sites for hydroxylation is 2. The van der Waals surface area contributed by atoms with Crippen molar-refractivity contribution >= 4 is 23.1 Å². The fraction of sp³-hybridized carbons (Fsp3) is 0.176. The van der Waals surface area contributed by atoms with Crippen LogP contribution in [0.1, 0.15) is 33.5 Å². The first kappa shape index (κ1) is 13.4. The Balaban J connectivity index is 1.97. The molecule has 1 amide bonds. The summed E-state index contributed by atoms with van der Waals surface area (Å²) < 4.78 is 0. The van der Waals surface area contributed by atoms with Crippen molar-refractivity contribution in [2.24, 2.45) is 0 Å². The van der Waals surface area contributed by atoms with Crippen molar-refractivity contribution in [3.8, 4) is 0 Å². The van der Waals surface area contributed by atoms with Crippen LogP contribution in [0.15, 0.2) is 36.4 Å². The first-order valence-electron chi connectivity index (χ1n) is 6.87. The zero-order valence-corrected chi connectivity index (χ0v) is 11.8. The van der Waals surface area contributed by atoms with Crippen molar-refractivity contribution in [3.05, 3.63) is 58.7 Å². The maximum absolute atomic E-state index is 12.6. The molecule has 1 aliphatic heterocycles. The van der Waals surface area contributed by atoms with Gasteiger partial charge in [-0.25, -0.2) is 0 Å². The summed E-state index contributed by atoms with van der Waals surface area (Å²) in [5.41, 5.74) is 10.4. The highest BCUT2D eigenvalue weighted by Crippen LogP contribution is 2.25. The summed E-state index contributed by atoms with van der Waals surface area (Å²) in [6, 6.07) is 10.7. The number of benzene rings is 2. The number of amides is 1. The molecule has 1 heterocycles. The van der Waals surface area contributed by atoms with Crippen molar-refractivity contribution in [1.82, 2.24) is 0 Å². The number of carbonyl (C=O) groups excluding carboxylic acids is 2. The minimum Gasteiger partial charge on any atom is -0.399 e. The van der Waals surface area contributed by atoms with Crippen molar-refractivity contribution < 1.29 is 9.59 Å². The van der Waals surface area contributed by atoms with Crippen LogP contribution < -0.4 is 11.1 Å². The highest BCUT2D eigenvalue weighted by molar-refractivity contribution is 6.10. The molecule has 106 valence electrons. The lowest BCUT2D eigenvalue weighted by Crippen LogP contribution is -2.19. The number of fused-ring (bicyclic) bond motifs is 1. The second-order valence-corrected chi connectivity index (χ2v) is 5.38. The average molecular weight is 280 g/mol. The van der Waals surface area contributed by atoms with Crippen LogP contribution in [0.5, 0.6) is 0 Å². The van der Waals surface area contributed by atoms with Gasteiger partial charge < -0.3 is 11.1 Å². The molecule has 2 aromatic rings. The Bertz CT molecular complexity index is 730. The predicted octanol–water partition coefficient (Wildman–Crippen LogP) is 2.69. The van der Waals surface area contributed by atoms with Crippen LogP contribution in [0.2, 0.25) is 0 Å². The van der Waals surface area contributed by atoms with Gasteiger partial charge in [-0.05, 0) is 60.9 Å². The van der Waals surface area contributed by atoms with Crippen molar-refractivity contribution in [3.63, 3.8) is 0 Å². The highest BCUT2D eigenvalue weighted by Gasteiger charge is 2.17. The molecule has 4 heteroatoms. The largest absolute Gasteiger partial charge is 0.399 e. The Labute approximate surface area is 123 Å². The van der Waals surface area contributed by atoms with E-state index in [4.69, 9.17) is 5.73 Å². The van der Waals surface area contributed by atoms with E-state index in [1.165, 1.54) is 0 Å². The number of rotatable bonds is 2. The molecule has 0 aliphatic carbocycles. The third-order valence-electron chi connectivity index (χ3n) is 3.62. The molecule has 4 nitrogen and oxygen atoms in total. The quantitative estimate of drug-likeness (QED) is 0.656. The number of nitrogen functional groups attached to an aromatic ring is 1. The van der Waals surface area contributed by atoms with Crippen molar-refractivity contribution in [2.45, 2.75) is 19.8 Å². The number of nitrogens with two attached hydrogens (primary N) is 1. The minimum absolute atomic E-state index is 0.0213. The summed E-state index contributed by atoms with van der Waals surface area (Å²) in [5.74, 6) is -0.0295. The van der Waals surface area contributed by atoms with Gasteiger partial charge in [0.1, 0.15) is 0 Å². The van der Waals surface area contributed by atoms with Gasteiger partial charge in [0.2, 0.25) is 5.91 Å². The Morgan fingerprint density at radius 3 is 2.67 bits per heavy atom. The predicted molar refractivity (Wildman–Crippen MR) is 82.4 cm³/mol. The first-order valence-corrected chi connectivity index (χ1v) is 6.87. The van der Waals surface area contributed by atoms with Gasteiger partial charge in [-0.3, -0.25) is 9.59 Å². The standard InChI is InChI=1S/C17H16N2O2/c1-10-6-13(9-14(18)7-10)17(21)12-2-4-15-11(8-12)3-5-16(20)19-15/h2,4,6-9H,3,5,18H2,1H3,(H,19,20). The molecule has 0 aromatic heterocycles. The van der Waals surface area contributed by atoms with Crippen molar-refractivity contribution in [2.75, 3.05) is 11.1 Å². The van der Waals surface area contributed by atoms with Crippen molar-refractivity contribution in [1.29, 1.82) is 0 Å². The molecule has 0 atom stereocenters. The molecule has 0 bridgehead atoms. The third-order valence-corrected chi connectivity index (χ3v) is 3.62. The molecule has 21 heavy (non-hydrogen) atoms. The van der Waals surface area contributed by atoms with Gasteiger partial charge in [-0.15, -0.1) is 0 Å².